The molecule has 5 nitrogen and oxygen atoms in total. The second-order valence-electron chi connectivity index (χ2n) is 4.48. The van der Waals surface area contributed by atoms with Crippen molar-refractivity contribution < 1.29 is 4.79 Å². The number of hydrogen-bond acceptors (Lipinski definition) is 4. The Morgan fingerprint density at radius 2 is 2.00 bits per heavy atom. The molecular weight excluding hydrogens is 379 g/mol. The molecule has 0 unspecified atom stereocenters. The molecule has 0 aliphatic heterocycles. The first kappa shape index (κ1) is 13.9. The highest BCUT2D eigenvalue weighted by Gasteiger charge is 2.12. The van der Waals surface area contributed by atoms with Gasteiger partial charge in [-0.05, 0) is 46.4 Å². The quantitative estimate of drug-likeness (QED) is 0.508. The molecule has 0 atom stereocenters. The van der Waals surface area contributed by atoms with E-state index in [1.807, 2.05) is 18.2 Å². The van der Waals surface area contributed by atoms with Crippen LogP contribution in [0.25, 0.3) is 0 Å². The second kappa shape index (κ2) is 6.13. The van der Waals surface area contributed by atoms with Gasteiger partial charge < -0.3 is 0 Å². The molecule has 0 spiro atoms. The number of nitrogens with zero attached hydrogens (tertiary/aromatic N) is 4. The molecule has 0 N–H and O–H groups in total. The van der Waals surface area contributed by atoms with Gasteiger partial charge in [0.05, 0.1) is 12.1 Å². The molecule has 3 aromatic rings. The van der Waals surface area contributed by atoms with Gasteiger partial charge in [-0.3, -0.25) is 9.48 Å². The average molecular weight is 390 g/mol. The normalized spacial score (nSPS) is 10.5. The summed E-state index contributed by atoms with van der Waals surface area (Å²) < 4.78 is 2.93. The van der Waals surface area contributed by atoms with E-state index in [0.717, 1.165) is 5.56 Å². The van der Waals surface area contributed by atoms with Crippen LogP contribution in [0.1, 0.15) is 21.6 Å². The fourth-order valence-electron chi connectivity index (χ4n) is 1.96. The molecule has 6 heteroatoms. The maximum Gasteiger partial charge on any atom is 0.216 e. The molecular formula is C15H11IN4O. The summed E-state index contributed by atoms with van der Waals surface area (Å²) in [7, 11) is 0. The maximum absolute atomic E-state index is 12.2. The van der Waals surface area contributed by atoms with Gasteiger partial charge in [-0.15, -0.1) is 0 Å². The van der Waals surface area contributed by atoms with E-state index in [4.69, 9.17) is 0 Å². The number of aromatic nitrogens is 4. The van der Waals surface area contributed by atoms with Crippen LogP contribution in [0.15, 0.2) is 55.2 Å². The van der Waals surface area contributed by atoms with Gasteiger partial charge >= 0.3 is 0 Å². The van der Waals surface area contributed by atoms with Crippen molar-refractivity contribution in [2.24, 2.45) is 0 Å². The molecule has 0 saturated carbocycles. The highest BCUT2D eigenvalue weighted by Crippen LogP contribution is 2.10. The van der Waals surface area contributed by atoms with Crippen molar-refractivity contribution in [3.63, 3.8) is 0 Å². The first-order valence-electron chi connectivity index (χ1n) is 6.30. The van der Waals surface area contributed by atoms with Crippen LogP contribution >= 0.6 is 22.6 Å². The van der Waals surface area contributed by atoms with Crippen LogP contribution in [0.3, 0.4) is 0 Å². The van der Waals surface area contributed by atoms with Crippen molar-refractivity contribution in [1.29, 1.82) is 0 Å². The SMILES string of the molecule is O=C(c1cncnc1)c1ccn(Cc2cccc(I)c2)n1. The van der Waals surface area contributed by atoms with Crippen molar-refractivity contribution in [2.45, 2.75) is 6.54 Å². The third-order valence-corrected chi connectivity index (χ3v) is 3.60. The number of rotatable bonds is 4. The van der Waals surface area contributed by atoms with E-state index < -0.39 is 0 Å². The Morgan fingerprint density at radius 3 is 2.76 bits per heavy atom. The van der Waals surface area contributed by atoms with Crippen LogP contribution in [-0.2, 0) is 6.54 Å². The van der Waals surface area contributed by atoms with Crippen LogP contribution in [0.5, 0.6) is 0 Å². The molecule has 104 valence electrons. The van der Waals surface area contributed by atoms with Crippen molar-refractivity contribution in [3.05, 3.63) is 75.6 Å². The molecule has 0 radical (unpaired) electrons. The summed E-state index contributed by atoms with van der Waals surface area (Å²) >= 11 is 2.27. The summed E-state index contributed by atoms with van der Waals surface area (Å²) in [6, 6.07) is 9.89. The molecule has 0 fully saturated rings. The first-order valence-corrected chi connectivity index (χ1v) is 7.38. The van der Waals surface area contributed by atoms with E-state index in [1.165, 1.54) is 22.3 Å². The lowest BCUT2D eigenvalue weighted by Crippen LogP contribution is -2.06. The van der Waals surface area contributed by atoms with E-state index in [1.54, 1.807) is 16.9 Å². The number of halogens is 1. The fourth-order valence-corrected chi connectivity index (χ4v) is 2.57. The Labute approximate surface area is 135 Å². The van der Waals surface area contributed by atoms with Crippen molar-refractivity contribution in [3.8, 4) is 0 Å². The van der Waals surface area contributed by atoms with Gasteiger partial charge in [0.25, 0.3) is 0 Å². The number of carbonyl (C=O) groups excluding carboxylic acids is 1. The predicted molar refractivity (Wildman–Crippen MR) is 86.0 cm³/mol. The Morgan fingerprint density at radius 1 is 1.19 bits per heavy atom. The summed E-state index contributed by atoms with van der Waals surface area (Å²) in [6.07, 6.45) is 6.19. The van der Waals surface area contributed by atoms with Crippen LogP contribution in [-0.4, -0.2) is 25.5 Å². The molecule has 0 saturated heterocycles. The number of hydrogen-bond donors (Lipinski definition) is 0. The van der Waals surface area contributed by atoms with Crippen molar-refractivity contribution in [2.75, 3.05) is 0 Å². The molecule has 1 aromatic carbocycles. The fraction of sp³-hybridized carbons (Fsp3) is 0.0667. The predicted octanol–water partition coefficient (Wildman–Crippen LogP) is 2.56. The molecule has 0 amide bonds. The van der Waals surface area contributed by atoms with Crippen molar-refractivity contribution >= 4 is 28.4 Å². The highest BCUT2D eigenvalue weighted by molar-refractivity contribution is 14.1. The summed E-state index contributed by atoms with van der Waals surface area (Å²) in [5, 5.41) is 4.32. The van der Waals surface area contributed by atoms with Crippen LogP contribution in [0, 0.1) is 3.57 Å². The lowest BCUT2D eigenvalue weighted by molar-refractivity contribution is 0.103. The van der Waals surface area contributed by atoms with E-state index in [9.17, 15) is 4.79 Å². The third-order valence-electron chi connectivity index (χ3n) is 2.93. The summed E-state index contributed by atoms with van der Waals surface area (Å²) in [6.45, 7) is 0.634. The smallest absolute Gasteiger partial charge is 0.216 e. The van der Waals surface area contributed by atoms with E-state index in [0.29, 0.717) is 17.8 Å². The third kappa shape index (κ3) is 3.33. The summed E-state index contributed by atoms with van der Waals surface area (Å²) in [4.78, 5) is 19.9. The Kier molecular flexibility index (Phi) is 4.05. The first-order chi connectivity index (χ1) is 10.2. The standard InChI is InChI=1S/C15H11IN4O/c16-13-3-1-2-11(6-13)9-20-5-4-14(19-20)15(21)12-7-17-10-18-8-12/h1-8,10H,9H2. The lowest BCUT2D eigenvalue weighted by atomic mass is 10.2. The second-order valence-corrected chi connectivity index (χ2v) is 5.73. The van der Waals surface area contributed by atoms with Crippen LogP contribution < -0.4 is 0 Å². The zero-order valence-corrected chi connectivity index (χ0v) is 13.1. The van der Waals surface area contributed by atoms with Crippen LogP contribution in [0.2, 0.25) is 0 Å². The molecule has 0 bridgehead atoms. The van der Waals surface area contributed by atoms with Gasteiger partial charge in [-0.1, -0.05) is 12.1 Å². The van der Waals surface area contributed by atoms with E-state index in [-0.39, 0.29) is 5.78 Å². The van der Waals surface area contributed by atoms with E-state index in [2.05, 4.69) is 43.7 Å². The summed E-state index contributed by atoms with van der Waals surface area (Å²) in [5.74, 6) is -0.169. The molecule has 0 aliphatic carbocycles. The zero-order valence-electron chi connectivity index (χ0n) is 11.0. The average Bonchev–Trinajstić information content (AvgIpc) is 2.96. The van der Waals surface area contributed by atoms with Gasteiger partial charge in [0, 0.05) is 22.2 Å². The number of benzene rings is 1. The number of ketones is 1. The minimum atomic E-state index is -0.169. The minimum Gasteiger partial charge on any atom is -0.287 e. The Hall–Kier alpha value is -2.09. The molecule has 2 aromatic heterocycles. The lowest BCUT2D eigenvalue weighted by Gasteiger charge is -2.02. The molecule has 0 aliphatic rings. The maximum atomic E-state index is 12.2. The monoisotopic (exact) mass is 390 g/mol. The largest absolute Gasteiger partial charge is 0.287 e. The molecule has 21 heavy (non-hydrogen) atoms. The topological polar surface area (TPSA) is 60.7 Å². The Bertz CT molecular complexity index is 770. The van der Waals surface area contributed by atoms with Crippen LogP contribution in [0.4, 0.5) is 0 Å². The summed E-state index contributed by atoms with van der Waals surface area (Å²) in [5.41, 5.74) is 1.99. The van der Waals surface area contributed by atoms with Gasteiger partial charge in [-0.25, -0.2) is 9.97 Å². The van der Waals surface area contributed by atoms with Gasteiger partial charge in [0.15, 0.2) is 0 Å². The number of carbonyl (C=O) groups is 1. The van der Waals surface area contributed by atoms with Crippen molar-refractivity contribution in [1.82, 2.24) is 19.7 Å². The Balaban J connectivity index is 1.79. The van der Waals surface area contributed by atoms with Gasteiger partial charge in [0.1, 0.15) is 12.0 Å². The van der Waals surface area contributed by atoms with Gasteiger partial charge in [-0.2, -0.15) is 5.10 Å². The van der Waals surface area contributed by atoms with Gasteiger partial charge in [0.2, 0.25) is 5.78 Å². The minimum absolute atomic E-state index is 0.169. The van der Waals surface area contributed by atoms with E-state index >= 15 is 0 Å². The highest BCUT2D eigenvalue weighted by atomic mass is 127. The zero-order chi connectivity index (χ0) is 14.7. The molecule has 2 heterocycles. The molecule has 3 rings (SSSR count).